The Labute approximate surface area is 157 Å². The van der Waals surface area contributed by atoms with Crippen LogP contribution in [0.15, 0.2) is 16.7 Å². The highest BCUT2D eigenvalue weighted by molar-refractivity contribution is 5.75. The van der Waals surface area contributed by atoms with Gasteiger partial charge in [0.05, 0.1) is 6.61 Å². The second-order valence-corrected chi connectivity index (χ2v) is 6.47. The number of ether oxygens (including phenoxy) is 2. The molecule has 1 N–H and O–H groups in total. The number of benzene rings is 1. The summed E-state index contributed by atoms with van der Waals surface area (Å²) in [5, 5.41) is 6.75. The molecule has 2 heterocycles. The number of carbonyl (C=O) groups is 1. The molecule has 7 nitrogen and oxygen atoms in total. The first-order chi connectivity index (χ1) is 13.2. The van der Waals surface area contributed by atoms with Crippen molar-refractivity contribution < 1.29 is 23.2 Å². The number of hydrogen-bond donors (Lipinski definition) is 1. The van der Waals surface area contributed by atoms with Gasteiger partial charge in [-0.2, -0.15) is 4.98 Å². The van der Waals surface area contributed by atoms with Crippen LogP contribution in [0.4, 0.5) is 4.39 Å². The number of aryl methyl sites for hydroxylation is 2. The predicted molar refractivity (Wildman–Crippen MR) is 94.6 cm³/mol. The van der Waals surface area contributed by atoms with Crippen LogP contribution in [0.2, 0.25) is 0 Å². The van der Waals surface area contributed by atoms with E-state index in [2.05, 4.69) is 22.4 Å². The lowest BCUT2D eigenvalue weighted by Gasteiger charge is -2.21. The summed E-state index contributed by atoms with van der Waals surface area (Å²) in [6.07, 6.45) is 3.84. The Morgan fingerprint density at radius 3 is 3.04 bits per heavy atom. The van der Waals surface area contributed by atoms with E-state index in [1.165, 1.54) is 12.1 Å². The van der Waals surface area contributed by atoms with Crippen molar-refractivity contribution in [1.29, 1.82) is 0 Å². The molecule has 0 spiro atoms. The van der Waals surface area contributed by atoms with E-state index in [1.807, 2.05) is 0 Å². The lowest BCUT2D eigenvalue weighted by Crippen LogP contribution is -2.26. The van der Waals surface area contributed by atoms with Crippen molar-refractivity contribution in [2.45, 2.75) is 52.1 Å². The average Bonchev–Trinajstić information content (AvgIpc) is 3.09. The highest BCUT2D eigenvalue weighted by Gasteiger charge is 2.17. The van der Waals surface area contributed by atoms with E-state index in [9.17, 15) is 9.18 Å². The molecule has 0 bridgehead atoms. The van der Waals surface area contributed by atoms with Crippen LogP contribution in [0.5, 0.6) is 5.75 Å². The first-order valence-electron chi connectivity index (χ1n) is 9.25. The van der Waals surface area contributed by atoms with Crippen LogP contribution in [0, 0.1) is 5.82 Å². The molecule has 1 amide bonds. The van der Waals surface area contributed by atoms with Crippen LogP contribution in [-0.4, -0.2) is 29.4 Å². The Morgan fingerprint density at radius 2 is 2.19 bits per heavy atom. The lowest BCUT2D eigenvalue weighted by molar-refractivity contribution is -0.121. The molecule has 27 heavy (non-hydrogen) atoms. The molecule has 1 aromatic heterocycles. The third-order valence-electron chi connectivity index (χ3n) is 4.25. The van der Waals surface area contributed by atoms with Crippen molar-refractivity contribution in [2.24, 2.45) is 0 Å². The largest absolute Gasteiger partial charge is 0.467 e. The van der Waals surface area contributed by atoms with Crippen molar-refractivity contribution in [3.63, 3.8) is 0 Å². The van der Waals surface area contributed by atoms with Crippen LogP contribution in [-0.2, 0) is 35.4 Å². The summed E-state index contributed by atoms with van der Waals surface area (Å²) in [6.45, 7) is 2.97. The number of amides is 1. The van der Waals surface area contributed by atoms with Crippen LogP contribution in [0.1, 0.15) is 49.0 Å². The molecule has 1 aliphatic heterocycles. The summed E-state index contributed by atoms with van der Waals surface area (Å²) < 4.78 is 29.5. The van der Waals surface area contributed by atoms with Gasteiger partial charge in [0.25, 0.3) is 0 Å². The summed E-state index contributed by atoms with van der Waals surface area (Å²) >= 11 is 0. The fourth-order valence-corrected chi connectivity index (χ4v) is 2.98. The third kappa shape index (κ3) is 5.50. The van der Waals surface area contributed by atoms with Crippen molar-refractivity contribution >= 4 is 5.91 Å². The number of fused-ring (bicyclic) bond motifs is 1. The Bertz CT molecular complexity index is 778. The van der Waals surface area contributed by atoms with E-state index in [0.29, 0.717) is 61.9 Å². The van der Waals surface area contributed by atoms with Gasteiger partial charge in [0, 0.05) is 31.4 Å². The van der Waals surface area contributed by atoms with Gasteiger partial charge in [-0.15, -0.1) is 0 Å². The molecule has 3 rings (SSSR count). The number of aromatic nitrogens is 2. The van der Waals surface area contributed by atoms with Crippen molar-refractivity contribution in [1.82, 2.24) is 15.5 Å². The molecule has 0 aliphatic carbocycles. The number of hydrogen-bond acceptors (Lipinski definition) is 6. The van der Waals surface area contributed by atoms with Gasteiger partial charge in [-0.25, -0.2) is 4.39 Å². The smallest absolute Gasteiger partial charge is 0.226 e. The maximum atomic E-state index is 13.7. The molecule has 0 radical (unpaired) electrons. The first-order valence-corrected chi connectivity index (χ1v) is 9.25. The monoisotopic (exact) mass is 377 g/mol. The molecule has 0 saturated carbocycles. The fraction of sp³-hybridized carbons (Fsp3) is 0.526. The number of nitrogens with one attached hydrogen (secondary N) is 1. The second-order valence-electron chi connectivity index (χ2n) is 6.47. The molecule has 0 saturated heterocycles. The Kier molecular flexibility index (Phi) is 6.75. The van der Waals surface area contributed by atoms with Gasteiger partial charge in [0.15, 0.2) is 12.6 Å². The van der Waals surface area contributed by atoms with Crippen LogP contribution in [0.3, 0.4) is 0 Å². The standard InChI is InChI=1S/C19H24FN3O4/c1-2-4-16-22-18(27-23-16)6-3-5-17(24)21-8-7-13-9-15(20)10-14-11-25-12-26-19(13)14/h9-10H,2-8,11-12H2,1H3,(H,21,24). The summed E-state index contributed by atoms with van der Waals surface area (Å²) in [4.78, 5) is 16.3. The van der Waals surface area contributed by atoms with Gasteiger partial charge < -0.3 is 19.3 Å². The molecule has 1 aromatic carbocycles. The zero-order valence-corrected chi connectivity index (χ0v) is 15.4. The zero-order valence-electron chi connectivity index (χ0n) is 15.4. The van der Waals surface area contributed by atoms with E-state index in [4.69, 9.17) is 14.0 Å². The Balaban J connectivity index is 1.40. The maximum absolute atomic E-state index is 13.7. The minimum Gasteiger partial charge on any atom is -0.467 e. The molecule has 0 unspecified atom stereocenters. The first kappa shape index (κ1) is 19.3. The number of halogens is 1. The topological polar surface area (TPSA) is 86.5 Å². The van der Waals surface area contributed by atoms with E-state index in [-0.39, 0.29) is 18.5 Å². The highest BCUT2D eigenvalue weighted by Crippen LogP contribution is 2.29. The van der Waals surface area contributed by atoms with Crippen LogP contribution < -0.4 is 10.1 Å². The SMILES string of the molecule is CCCc1noc(CCCC(=O)NCCc2cc(F)cc3c2OCOC3)n1. The number of carbonyl (C=O) groups excluding carboxylic acids is 1. The van der Waals surface area contributed by atoms with E-state index in [1.54, 1.807) is 0 Å². The van der Waals surface area contributed by atoms with Crippen LogP contribution >= 0.6 is 0 Å². The molecular weight excluding hydrogens is 353 g/mol. The van der Waals surface area contributed by atoms with Gasteiger partial charge in [0.2, 0.25) is 11.8 Å². The van der Waals surface area contributed by atoms with Crippen molar-refractivity contribution in [3.8, 4) is 5.75 Å². The lowest BCUT2D eigenvalue weighted by atomic mass is 10.1. The molecule has 1 aliphatic rings. The van der Waals surface area contributed by atoms with E-state index < -0.39 is 0 Å². The minimum absolute atomic E-state index is 0.0576. The quantitative estimate of drug-likeness (QED) is 0.723. The summed E-state index contributed by atoms with van der Waals surface area (Å²) in [5.74, 6) is 1.56. The molecule has 0 atom stereocenters. The summed E-state index contributed by atoms with van der Waals surface area (Å²) in [6, 6.07) is 2.86. The zero-order chi connectivity index (χ0) is 19.1. The Hall–Kier alpha value is -2.48. The summed E-state index contributed by atoms with van der Waals surface area (Å²) in [5.41, 5.74) is 1.44. The maximum Gasteiger partial charge on any atom is 0.226 e. The molecule has 8 heteroatoms. The normalized spacial score (nSPS) is 13.1. The van der Waals surface area contributed by atoms with Gasteiger partial charge in [-0.1, -0.05) is 12.1 Å². The van der Waals surface area contributed by atoms with Crippen molar-refractivity contribution in [2.75, 3.05) is 13.3 Å². The molecular formula is C19H24FN3O4. The second kappa shape index (κ2) is 9.45. The minimum atomic E-state index is -0.328. The average molecular weight is 377 g/mol. The van der Waals surface area contributed by atoms with Gasteiger partial charge in [-0.05, 0) is 37.0 Å². The number of rotatable bonds is 9. The number of nitrogens with zero attached hydrogens (tertiary/aromatic N) is 2. The summed E-state index contributed by atoms with van der Waals surface area (Å²) in [7, 11) is 0. The van der Waals surface area contributed by atoms with E-state index in [0.717, 1.165) is 18.4 Å². The van der Waals surface area contributed by atoms with Crippen LogP contribution in [0.25, 0.3) is 0 Å². The van der Waals surface area contributed by atoms with Gasteiger partial charge in [0.1, 0.15) is 11.6 Å². The molecule has 0 fully saturated rings. The predicted octanol–water partition coefficient (Wildman–Crippen LogP) is 2.71. The van der Waals surface area contributed by atoms with Gasteiger partial charge >= 0.3 is 0 Å². The fourth-order valence-electron chi connectivity index (χ4n) is 2.98. The van der Waals surface area contributed by atoms with E-state index >= 15 is 0 Å². The highest BCUT2D eigenvalue weighted by atomic mass is 19.1. The molecule has 2 aromatic rings. The van der Waals surface area contributed by atoms with Crippen molar-refractivity contribution in [3.05, 3.63) is 40.8 Å². The third-order valence-corrected chi connectivity index (χ3v) is 4.25. The van der Waals surface area contributed by atoms with Gasteiger partial charge in [-0.3, -0.25) is 4.79 Å². The molecule has 146 valence electrons. The Morgan fingerprint density at radius 1 is 1.30 bits per heavy atom.